The van der Waals surface area contributed by atoms with Gasteiger partial charge in [-0.3, -0.25) is 4.79 Å². The first-order valence-electron chi connectivity index (χ1n) is 6.08. The van der Waals surface area contributed by atoms with E-state index in [1.54, 1.807) is 6.08 Å². The molecule has 1 aliphatic rings. The van der Waals surface area contributed by atoms with Gasteiger partial charge in [-0.2, -0.15) is 0 Å². The summed E-state index contributed by atoms with van der Waals surface area (Å²) in [5.74, 6) is -0.900. The normalized spacial score (nSPS) is 17.5. The van der Waals surface area contributed by atoms with E-state index in [0.29, 0.717) is 25.1 Å². The maximum Gasteiger partial charge on any atom is 0.326 e. The van der Waals surface area contributed by atoms with Gasteiger partial charge in [-0.05, 0) is 38.6 Å². The Hall–Kier alpha value is -1.36. The molecule has 0 aromatic carbocycles. The number of Topliss-reactive ketones (excluding diaryl/α,β-unsaturated/α-hetero) is 1. The summed E-state index contributed by atoms with van der Waals surface area (Å²) in [5, 5.41) is 11.9. The predicted octanol–water partition coefficient (Wildman–Crippen LogP) is 0.795. The van der Waals surface area contributed by atoms with E-state index in [4.69, 9.17) is 10.8 Å². The molecule has 17 heavy (non-hydrogen) atoms. The van der Waals surface area contributed by atoms with Gasteiger partial charge in [0.2, 0.25) is 0 Å². The molecule has 1 atom stereocenters. The number of unbranched alkanes of at least 4 members (excludes halogenated alkanes) is 1. The van der Waals surface area contributed by atoms with E-state index in [9.17, 15) is 9.59 Å². The third-order valence-electron chi connectivity index (χ3n) is 2.83. The van der Waals surface area contributed by atoms with Crippen LogP contribution in [0.4, 0.5) is 0 Å². The number of nitrogens with one attached hydrogen (secondary N) is 1. The van der Waals surface area contributed by atoms with Gasteiger partial charge in [0.05, 0.1) is 5.70 Å². The fraction of sp³-hybridized carbons (Fsp3) is 0.667. The zero-order valence-electron chi connectivity index (χ0n) is 9.95. The van der Waals surface area contributed by atoms with E-state index in [1.165, 1.54) is 0 Å². The molecule has 0 bridgehead atoms. The molecule has 0 heterocycles. The van der Waals surface area contributed by atoms with Crippen molar-refractivity contribution in [3.63, 3.8) is 0 Å². The molecule has 1 rings (SSSR count). The van der Waals surface area contributed by atoms with Crippen LogP contribution >= 0.6 is 0 Å². The van der Waals surface area contributed by atoms with Crippen LogP contribution in [0.25, 0.3) is 0 Å². The number of rotatable bonds is 7. The summed E-state index contributed by atoms with van der Waals surface area (Å²) in [7, 11) is 0. The summed E-state index contributed by atoms with van der Waals surface area (Å²) in [4.78, 5) is 22.6. The second-order valence-corrected chi connectivity index (χ2v) is 4.25. The lowest BCUT2D eigenvalue weighted by Gasteiger charge is -2.19. The molecule has 0 unspecified atom stereocenters. The highest BCUT2D eigenvalue weighted by Crippen LogP contribution is 2.13. The minimum absolute atomic E-state index is 0.0151. The van der Waals surface area contributed by atoms with Gasteiger partial charge < -0.3 is 16.2 Å². The molecule has 0 amide bonds. The Bertz CT molecular complexity index is 313. The largest absolute Gasteiger partial charge is 0.480 e. The third kappa shape index (κ3) is 4.56. The van der Waals surface area contributed by atoms with E-state index >= 15 is 0 Å². The van der Waals surface area contributed by atoms with Crippen molar-refractivity contribution >= 4 is 11.8 Å². The molecule has 5 heteroatoms. The summed E-state index contributed by atoms with van der Waals surface area (Å²) in [6.07, 6.45) is 6.05. The first-order chi connectivity index (χ1) is 8.15. The second kappa shape index (κ2) is 7.06. The van der Waals surface area contributed by atoms with Gasteiger partial charge in [0, 0.05) is 6.42 Å². The number of ketones is 1. The first-order valence-corrected chi connectivity index (χ1v) is 6.08. The number of carbonyl (C=O) groups is 2. The molecule has 0 fully saturated rings. The van der Waals surface area contributed by atoms with E-state index in [0.717, 1.165) is 25.7 Å². The van der Waals surface area contributed by atoms with Crippen molar-refractivity contribution in [3.05, 3.63) is 11.8 Å². The average Bonchev–Trinajstić information content (AvgIpc) is 2.30. The van der Waals surface area contributed by atoms with Crippen molar-refractivity contribution in [1.82, 2.24) is 5.32 Å². The van der Waals surface area contributed by atoms with Crippen LogP contribution in [0.3, 0.4) is 0 Å². The van der Waals surface area contributed by atoms with Crippen LogP contribution in [0.2, 0.25) is 0 Å². The molecule has 0 aromatic heterocycles. The Kier molecular flexibility index (Phi) is 5.69. The number of aliphatic carboxylic acids is 1. The van der Waals surface area contributed by atoms with Crippen molar-refractivity contribution in [2.75, 3.05) is 6.54 Å². The van der Waals surface area contributed by atoms with Crippen LogP contribution in [0, 0.1) is 0 Å². The first kappa shape index (κ1) is 13.7. The van der Waals surface area contributed by atoms with E-state index in [-0.39, 0.29) is 5.78 Å². The van der Waals surface area contributed by atoms with Gasteiger partial charge in [0.15, 0.2) is 5.78 Å². The SMILES string of the molecule is NCCCC[C@H](NC1=CCCCC1=O)C(=O)O. The van der Waals surface area contributed by atoms with Gasteiger partial charge in [0.25, 0.3) is 0 Å². The zero-order chi connectivity index (χ0) is 12.7. The molecular formula is C12H20N2O3. The molecule has 0 radical (unpaired) electrons. The summed E-state index contributed by atoms with van der Waals surface area (Å²) in [6.45, 7) is 0.563. The number of nitrogens with two attached hydrogens (primary N) is 1. The topological polar surface area (TPSA) is 92.4 Å². The highest BCUT2D eigenvalue weighted by Gasteiger charge is 2.21. The van der Waals surface area contributed by atoms with Gasteiger partial charge in [-0.15, -0.1) is 0 Å². The number of carbonyl (C=O) groups excluding carboxylic acids is 1. The smallest absolute Gasteiger partial charge is 0.326 e. The average molecular weight is 240 g/mol. The minimum Gasteiger partial charge on any atom is -0.480 e. The number of hydrogen-bond acceptors (Lipinski definition) is 4. The number of carboxylic acids is 1. The van der Waals surface area contributed by atoms with Gasteiger partial charge in [0.1, 0.15) is 6.04 Å². The van der Waals surface area contributed by atoms with Crippen LogP contribution in [-0.2, 0) is 9.59 Å². The second-order valence-electron chi connectivity index (χ2n) is 4.25. The Morgan fingerprint density at radius 1 is 1.53 bits per heavy atom. The molecule has 0 saturated heterocycles. The van der Waals surface area contributed by atoms with Crippen molar-refractivity contribution in [2.45, 2.75) is 44.6 Å². The lowest BCUT2D eigenvalue weighted by molar-refractivity contribution is -0.139. The Balaban J connectivity index is 2.51. The molecule has 0 aliphatic heterocycles. The number of carboxylic acid groups (broad SMARTS) is 1. The molecule has 96 valence electrons. The predicted molar refractivity (Wildman–Crippen MR) is 64.4 cm³/mol. The van der Waals surface area contributed by atoms with Gasteiger partial charge in [-0.1, -0.05) is 6.08 Å². The number of allylic oxidation sites excluding steroid dienone is 2. The summed E-state index contributed by atoms with van der Waals surface area (Å²) >= 11 is 0. The van der Waals surface area contributed by atoms with Crippen LogP contribution in [0.5, 0.6) is 0 Å². The van der Waals surface area contributed by atoms with Gasteiger partial charge in [-0.25, -0.2) is 4.79 Å². The van der Waals surface area contributed by atoms with E-state index in [2.05, 4.69) is 5.32 Å². The highest BCUT2D eigenvalue weighted by atomic mass is 16.4. The van der Waals surface area contributed by atoms with Crippen molar-refractivity contribution in [3.8, 4) is 0 Å². The fourth-order valence-electron chi connectivity index (χ4n) is 1.83. The molecule has 0 aromatic rings. The monoisotopic (exact) mass is 240 g/mol. The fourth-order valence-corrected chi connectivity index (χ4v) is 1.83. The Morgan fingerprint density at radius 2 is 2.29 bits per heavy atom. The maximum atomic E-state index is 11.5. The standard InChI is InChI=1S/C12H20N2O3/c13-8-4-3-6-10(12(16)17)14-9-5-1-2-7-11(9)15/h5,10,14H,1-4,6-8,13H2,(H,16,17)/t10-/m0/s1. The Morgan fingerprint density at radius 3 is 2.88 bits per heavy atom. The molecule has 0 spiro atoms. The zero-order valence-corrected chi connectivity index (χ0v) is 9.95. The summed E-state index contributed by atoms with van der Waals surface area (Å²) < 4.78 is 0. The van der Waals surface area contributed by atoms with E-state index in [1.807, 2.05) is 0 Å². The van der Waals surface area contributed by atoms with Crippen LogP contribution in [0.15, 0.2) is 11.8 Å². The maximum absolute atomic E-state index is 11.5. The molecule has 1 aliphatic carbocycles. The van der Waals surface area contributed by atoms with Crippen molar-refractivity contribution in [2.24, 2.45) is 5.73 Å². The highest BCUT2D eigenvalue weighted by molar-refractivity contribution is 5.96. The van der Waals surface area contributed by atoms with Crippen molar-refractivity contribution in [1.29, 1.82) is 0 Å². The van der Waals surface area contributed by atoms with Gasteiger partial charge >= 0.3 is 5.97 Å². The minimum atomic E-state index is -0.915. The van der Waals surface area contributed by atoms with Crippen LogP contribution in [-0.4, -0.2) is 29.4 Å². The summed E-state index contributed by atoms with van der Waals surface area (Å²) in [6, 6.07) is -0.685. The molecule has 4 N–H and O–H groups in total. The lowest BCUT2D eigenvalue weighted by atomic mass is 10.0. The van der Waals surface area contributed by atoms with Crippen LogP contribution < -0.4 is 11.1 Å². The van der Waals surface area contributed by atoms with Crippen LogP contribution in [0.1, 0.15) is 38.5 Å². The number of hydrogen-bond donors (Lipinski definition) is 3. The van der Waals surface area contributed by atoms with Crippen molar-refractivity contribution < 1.29 is 14.7 Å². The lowest BCUT2D eigenvalue weighted by Crippen LogP contribution is -2.38. The molecule has 0 saturated carbocycles. The Labute approximate surface area is 101 Å². The summed E-state index contributed by atoms with van der Waals surface area (Å²) in [5.41, 5.74) is 5.83. The quantitative estimate of drug-likeness (QED) is 0.572. The third-order valence-corrected chi connectivity index (χ3v) is 2.83. The van der Waals surface area contributed by atoms with E-state index < -0.39 is 12.0 Å². The molecule has 5 nitrogen and oxygen atoms in total. The molecular weight excluding hydrogens is 220 g/mol.